The van der Waals surface area contributed by atoms with Crippen LogP contribution in [0.25, 0.3) is 0 Å². The molecule has 0 spiro atoms. The van der Waals surface area contributed by atoms with E-state index in [0.29, 0.717) is 22.3 Å². The van der Waals surface area contributed by atoms with E-state index in [1.54, 1.807) is 18.2 Å². The Morgan fingerprint density at radius 1 is 1.16 bits per heavy atom. The van der Waals surface area contributed by atoms with Gasteiger partial charge in [0.25, 0.3) is 0 Å². The van der Waals surface area contributed by atoms with Gasteiger partial charge in [0.15, 0.2) is 0 Å². The molecule has 2 aromatic rings. The minimum Gasteiger partial charge on any atom is -0.377 e. The van der Waals surface area contributed by atoms with Crippen LogP contribution in [0.5, 0.6) is 0 Å². The minimum absolute atomic E-state index is 0.152. The maximum absolute atomic E-state index is 12.8. The van der Waals surface area contributed by atoms with Crippen molar-refractivity contribution in [3.05, 3.63) is 64.1 Å². The maximum atomic E-state index is 12.8. The van der Waals surface area contributed by atoms with Crippen LogP contribution in [0.3, 0.4) is 0 Å². The SMILES string of the molecule is O=C(Nc1cc(Cl)cc(Cl)c1)[C@H](NC[C@@H]1CCCO1)c1ccccc1. The fourth-order valence-corrected chi connectivity index (χ4v) is 3.43. The van der Waals surface area contributed by atoms with E-state index >= 15 is 0 Å². The first-order valence-electron chi connectivity index (χ1n) is 8.29. The summed E-state index contributed by atoms with van der Waals surface area (Å²) in [6, 6.07) is 14.1. The van der Waals surface area contributed by atoms with E-state index < -0.39 is 6.04 Å². The number of anilines is 1. The van der Waals surface area contributed by atoms with Crippen LogP contribution in [0, 0.1) is 0 Å². The molecule has 0 saturated carbocycles. The average molecular weight is 379 g/mol. The molecule has 1 heterocycles. The van der Waals surface area contributed by atoms with E-state index in [1.807, 2.05) is 30.3 Å². The summed E-state index contributed by atoms with van der Waals surface area (Å²) in [6.45, 7) is 1.42. The monoisotopic (exact) mass is 378 g/mol. The molecule has 2 aromatic carbocycles. The number of amides is 1. The zero-order valence-electron chi connectivity index (χ0n) is 13.7. The summed E-state index contributed by atoms with van der Waals surface area (Å²) in [5.41, 5.74) is 1.47. The summed E-state index contributed by atoms with van der Waals surface area (Å²) in [4.78, 5) is 12.8. The first-order valence-corrected chi connectivity index (χ1v) is 9.04. The molecule has 6 heteroatoms. The summed E-state index contributed by atoms with van der Waals surface area (Å²) in [6.07, 6.45) is 2.23. The summed E-state index contributed by atoms with van der Waals surface area (Å²) in [5, 5.41) is 7.17. The van der Waals surface area contributed by atoms with Gasteiger partial charge in [0.05, 0.1) is 6.10 Å². The first kappa shape index (κ1) is 18.2. The van der Waals surface area contributed by atoms with Gasteiger partial charge in [0, 0.05) is 28.9 Å². The zero-order chi connectivity index (χ0) is 17.6. The lowest BCUT2D eigenvalue weighted by molar-refractivity contribution is -0.118. The summed E-state index contributed by atoms with van der Waals surface area (Å²) in [5.74, 6) is -0.164. The van der Waals surface area contributed by atoms with E-state index in [-0.39, 0.29) is 12.0 Å². The Bertz CT molecular complexity index is 698. The molecule has 2 N–H and O–H groups in total. The van der Waals surface area contributed by atoms with E-state index in [9.17, 15) is 4.79 Å². The Kier molecular flexibility index (Phi) is 6.32. The van der Waals surface area contributed by atoms with Gasteiger partial charge in [0.2, 0.25) is 5.91 Å². The lowest BCUT2D eigenvalue weighted by Gasteiger charge is -2.21. The van der Waals surface area contributed by atoms with Crippen molar-refractivity contribution in [3.8, 4) is 0 Å². The third kappa shape index (κ3) is 5.19. The minimum atomic E-state index is -0.483. The van der Waals surface area contributed by atoms with Crippen LogP contribution in [0.4, 0.5) is 5.69 Å². The summed E-state index contributed by atoms with van der Waals surface area (Å²) in [7, 11) is 0. The van der Waals surface area contributed by atoms with Crippen LogP contribution in [0.15, 0.2) is 48.5 Å². The third-order valence-electron chi connectivity index (χ3n) is 4.10. The van der Waals surface area contributed by atoms with Gasteiger partial charge in [-0.1, -0.05) is 53.5 Å². The van der Waals surface area contributed by atoms with E-state index in [1.165, 1.54) is 0 Å². The lowest BCUT2D eigenvalue weighted by atomic mass is 10.1. The van der Waals surface area contributed by atoms with Crippen molar-refractivity contribution >= 4 is 34.8 Å². The van der Waals surface area contributed by atoms with Gasteiger partial charge >= 0.3 is 0 Å². The molecule has 3 rings (SSSR count). The molecular formula is C19H20Cl2N2O2. The van der Waals surface area contributed by atoms with Crippen molar-refractivity contribution in [1.82, 2.24) is 5.32 Å². The van der Waals surface area contributed by atoms with Crippen molar-refractivity contribution in [2.75, 3.05) is 18.5 Å². The molecule has 1 aliphatic heterocycles. The molecule has 1 fully saturated rings. The summed E-state index contributed by atoms with van der Waals surface area (Å²) >= 11 is 12.0. The van der Waals surface area contributed by atoms with E-state index in [4.69, 9.17) is 27.9 Å². The molecule has 1 amide bonds. The quantitative estimate of drug-likeness (QED) is 0.780. The Balaban J connectivity index is 1.73. The Morgan fingerprint density at radius 2 is 1.88 bits per heavy atom. The third-order valence-corrected chi connectivity index (χ3v) is 4.54. The highest BCUT2D eigenvalue weighted by Crippen LogP contribution is 2.24. The second kappa shape index (κ2) is 8.68. The van der Waals surface area contributed by atoms with Crippen molar-refractivity contribution in [2.45, 2.75) is 25.0 Å². The average Bonchev–Trinajstić information content (AvgIpc) is 3.08. The number of rotatable bonds is 6. The molecule has 0 aliphatic carbocycles. The second-order valence-electron chi connectivity index (χ2n) is 6.03. The molecule has 25 heavy (non-hydrogen) atoms. The smallest absolute Gasteiger partial charge is 0.246 e. The van der Waals surface area contributed by atoms with Gasteiger partial charge in [-0.3, -0.25) is 10.1 Å². The number of nitrogens with one attached hydrogen (secondary N) is 2. The molecule has 0 bridgehead atoms. The lowest BCUT2D eigenvalue weighted by Crippen LogP contribution is -2.37. The second-order valence-corrected chi connectivity index (χ2v) is 6.91. The molecular weight excluding hydrogens is 359 g/mol. The van der Waals surface area contributed by atoms with Gasteiger partial charge in [-0.05, 0) is 36.6 Å². The van der Waals surface area contributed by atoms with Gasteiger partial charge in [0.1, 0.15) is 6.04 Å². The first-order chi connectivity index (χ1) is 12.1. The highest BCUT2D eigenvalue weighted by Gasteiger charge is 2.23. The van der Waals surface area contributed by atoms with Crippen molar-refractivity contribution < 1.29 is 9.53 Å². The predicted octanol–water partition coefficient (Wildman–Crippen LogP) is 4.44. The van der Waals surface area contributed by atoms with Crippen LogP contribution in [-0.2, 0) is 9.53 Å². The number of carbonyl (C=O) groups excluding carboxylic acids is 1. The van der Waals surface area contributed by atoms with Crippen LogP contribution >= 0.6 is 23.2 Å². The van der Waals surface area contributed by atoms with Gasteiger partial charge < -0.3 is 10.1 Å². The zero-order valence-corrected chi connectivity index (χ0v) is 15.2. The Hall–Kier alpha value is -1.59. The Labute approximate surface area is 157 Å². The number of ether oxygens (including phenoxy) is 1. The maximum Gasteiger partial charge on any atom is 0.246 e. The topological polar surface area (TPSA) is 50.4 Å². The summed E-state index contributed by atoms with van der Waals surface area (Å²) < 4.78 is 5.64. The number of carbonyl (C=O) groups is 1. The van der Waals surface area contributed by atoms with Gasteiger partial charge in [-0.15, -0.1) is 0 Å². The fourth-order valence-electron chi connectivity index (χ4n) is 2.90. The molecule has 0 radical (unpaired) electrons. The highest BCUT2D eigenvalue weighted by atomic mass is 35.5. The molecule has 4 nitrogen and oxygen atoms in total. The molecule has 1 saturated heterocycles. The van der Waals surface area contributed by atoms with Crippen molar-refractivity contribution in [1.29, 1.82) is 0 Å². The highest BCUT2D eigenvalue weighted by molar-refractivity contribution is 6.35. The van der Waals surface area contributed by atoms with Crippen molar-refractivity contribution in [3.63, 3.8) is 0 Å². The molecule has 132 valence electrons. The molecule has 0 aromatic heterocycles. The largest absolute Gasteiger partial charge is 0.377 e. The predicted molar refractivity (Wildman–Crippen MR) is 101 cm³/mol. The molecule has 2 atom stereocenters. The van der Waals surface area contributed by atoms with Gasteiger partial charge in [-0.2, -0.15) is 0 Å². The van der Waals surface area contributed by atoms with E-state index in [0.717, 1.165) is 25.0 Å². The van der Waals surface area contributed by atoms with Gasteiger partial charge in [-0.25, -0.2) is 0 Å². The number of hydrogen-bond donors (Lipinski definition) is 2. The van der Waals surface area contributed by atoms with Crippen LogP contribution in [-0.4, -0.2) is 25.2 Å². The molecule has 1 aliphatic rings. The molecule has 0 unspecified atom stereocenters. The number of halogens is 2. The fraction of sp³-hybridized carbons (Fsp3) is 0.316. The van der Waals surface area contributed by atoms with E-state index in [2.05, 4.69) is 10.6 Å². The van der Waals surface area contributed by atoms with Crippen molar-refractivity contribution in [2.24, 2.45) is 0 Å². The van der Waals surface area contributed by atoms with Crippen LogP contribution < -0.4 is 10.6 Å². The number of hydrogen-bond acceptors (Lipinski definition) is 3. The standard InChI is InChI=1S/C19H20Cl2N2O2/c20-14-9-15(21)11-16(10-14)23-19(24)18(13-5-2-1-3-6-13)22-12-17-7-4-8-25-17/h1-3,5-6,9-11,17-18,22H,4,7-8,12H2,(H,23,24)/t17-,18+/m0/s1. The van der Waals surface area contributed by atoms with Crippen LogP contribution in [0.2, 0.25) is 10.0 Å². The van der Waals surface area contributed by atoms with Crippen LogP contribution in [0.1, 0.15) is 24.4 Å². The number of benzene rings is 2. The normalized spacial score (nSPS) is 18.1. The Morgan fingerprint density at radius 3 is 2.52 bits per heavy atom.